The lowest BCUT2D eigenvalue weighted by atomic mass is 10.1. The van der Waals surface area contributed by atoms with Crippen molar-refractivity contribution in [2.45, 2.75) is 6.04 Å². The van der Waals surface area contributed by atoms with Crippen molar-refractivity contribution in [1.29, 1.82) is 0 Å². The summed E-state index contributed by atoms with van der Waals surface area (Å²) in [6.07, 6.45) is 0. The van der Waals surface area contributed by atoms with E-state index in [2.05, 4.69) is 0 Å². The van der Waals surface area contributed by atoms with E-state index in [9.17, 15) is 5.11 Å². The molecule has 0 spiro atoms. The van der Waals surface area contributed by atoms with E-state index in [0.29, 0.717) is 5.56 Å². The highest BCUT2D eigenvalue weighted by Gasteiger charge is 2.08. The van der Waals surface area contributed by atoms with Crippen LogP contribution in [0.15, 0.2) is 18.2 Å². The molecule has 12 heavy (non-hydrogen) atoms. The van der Waals surface area contributed by atoms with Gasteiger partial charge in [0.05, 0.1) is 0 Å². The Balaban J connectivity index is 3.01. The molecule has 6 N–H and O–H groups in total. The first-order valence-electron chi connectivity index (χ1n) is 3.62. The van der Waals surface area contributed by atoms with Crippen LogP contribution in [0.5, 0.6) is 11.5 Å². The third-order valence-electron chi connectivity index (χ3n) is 1.67. The van der Waals surface area contributed by atoms with E-state index in [1.807, 2.05) is 0 Å². The van der Waals surface area contributed by atoms with E-state index < -0.39 is 0 Å². The molecule has 66 valence electrons. The van der Waals surface area contributed by atoms with Crippen molar-refractivity contribution in [2.24, 2.45) is 11.5 Å². The summed E-state index contributed by atoms with van der Waals surface area (Å²) in [4.78, 5) is 0. The smallest absolute Gasteiger partial charge is 0.124 e. The number of rotatable bonds is 2. The monoisotopic (exact) mass is 168 g/mol. The molecule has 0 unspecified atom stereocenters. The lowest BCUT2D eigenvalue weighted by Gasteiger charge is -2.10. The Bertz CT molecular complexity index is 276. The van der Waals surface area contributed by atoms with Gasteiger partial charge in [0.25, 0.3) is 0 Å². The molecule has 0 aromatic heterocycles. The van der Waals surface area contributed by atoms with E-state index in [-0.39, 0.29) is 24.1 Å². The lowest BCUT2D eigenvalue weighted by molar-refractivity contribution is 0.442. The van der Waals surface area contributed by atoms with Crippen LogP contribution >= 0.6 is 0 Å². The molecule has 0 heterocycles. The SMILES string of the molecule is NC[C@H](N)c1ccc(O)cc1O. The maximum Gasteiger partial charge on any atom is 0.124 e. The fourth-order valence-electron chi connectivity index (χ4n) is 0.973. The molecule has 0 amide bonds. The van der Waals surface area contributed by atoms with Crippen LogP contribution in [0.1, 0.15) is 11.6 Å². The zero-order valence-corrected chi connectivity index (χ0v) is 6.57. The highest BCUT2D eigenvalue weighted by Crippen LogP contribution is 2.25. The molecule has 1 rings (SSSR count). The summed E-state index contributed by atoms with van der Waals surface area (Å²) in [6.45, 7) is 0.262. The Morgan fingerprint density at radius 2 is 2.00 bits per heavy atom. The largest absolute Gasteiger partial charge is 0.508 e. The van der Waals surface area contributed by atoms with Gasteiger partial charge < -0.3 is 21.7 Å². The quantitative estimate of drug-likeness (QED) is 0.502. The zero-order chi connectivity index (χ0) is 9.14. The van der Waals surface area contributed by atoms with E-state index >= 15 is 0 Å². The molecule has 1 aromatic carbocycles. The van der Waals surface area contributed by atoms with Gasteiger partial charge in [-0.15, -0.1) is 0 Å². The molecule has 4 heteroatoms. The van der Waals surface area contributed by atoms with Gasteiger partial charge in [-0.3, -0.25) is 0 Å². The molecule has 0 aliphatic rings. The van der Waals surface area contributed by atoms with Crippen molar-refractivity contribution >= 4 is 0 Å². The number of benzene rings is 1. The average molecular weight is 168 g/mol. The summed E-state index contributed by atoms with van der Waals surface area (Å²) in [6, 6.07) is 3.88. The average Bonchev–Trinajstić information content (AvgIpc) is 2.03. The molecule has 4 nitrogen and oxygen atoms in total. The van der Waals surface area contributed by atoms with Crippen LogP contribution in [0.4, 0.5) is 0 Å². The second-order valence-electron chi connectivity index (χ2n) is 2.59. The molecular weight excluding hydrogens is 156 g/mol. The minimum atomic E-state index is -0.384. The molecule has 0 bridgehead atoms. The summed E-state index contributed by atoms with van der Waals surface area (Å²) >= 11 is 0. The predicted octanol–water partition coefficient (Wildman–Crippen LogP) is 0.0563. The first kappa shape index (κ1) is 8.83. The Kier molecular flexibility index (Phi) is 2.52. The van der Waals surface area contributed by atoms with Gasteiger partial charge in [0.2, 0.25) is 0 Å². The van der Waals surface area contributed by atoms with Crippen molar-refractivity contribution < 1.29 is 10.2 Å². The van der Waals surface area contributed by atoms with Gasteiger partial charge in [0.15, 0.2) is 0 Å². The van der Waals surface area contributed by atoms with Crippen molar-refractivity contribution in [3.05, 3.63) is 23.8 Å². The van der Waals surface area contributed by atoms with E-state index in [1.165, 1.54) is 12.1 Å². The second kappa shape index (κ2) is 3.42. The minimum Gasteiger partial charge on any atom is -0.508 e. The number of phenols is 2. The van der Waals surface area contributed by atoms with Gasteiger partial charge >= 0.3 is 0 Å². The van der Waals surface area contributed by atoms with Crippen LogP contribution in [0.25, 0.3) is 0 Å². The Labute approximate surface area is 70.4 Å². The molecule has 1 aromatic rings. The van der Waals surface area contributed by atoms with Gasteiger partial charge in [-0.25, -0.2) is 0 Å². The normalized spacial score (nSPS) is 12.8. The van der Waals surface area contributed by atoms with Crippen molar-refractivity contribution in [3.8, 4) is 11.5 Å². The number of hydrogen-bond acceptors (Lipinski definition) is 4. The lowest BCUT2D eigenvalue weighted by Crippen LogP contribution is -2.20. The van der Waals surface area contributed by atoms with Gasteiger partial charge in [0, 0.05) is 24.2 Å². The van der Waals surface area contributed by atoms with Crippen LogP contribution < -0.4 is 11.5 Å². The number of phenolic OH excluding ortho intramolecular Hbond substituents is 2. The predicted molar refractivity (Wildman–Crippen MR) is 45.8 cm³/mol. The summed E-state index contributed by atoms with van der Waals surface area (Å²) < 4.78 is 0. The second-order valence-corrected chi connectivity index (χ2v) is 2.59. The number of aromatic hydroxyl groups is 2. The first-order valence-corrected chi connectivity index (χ1v) is 3.62. The highest BCUT2D eigenvalue weighted by molar-refractivity contribution is 5.40. The van der Waals surface area contributed by atoms with Gasteiger partial charge in [-0.05, 0) is 6.07 Å². The van der Waals surface area contributed by atoms with Crippen molar-refractivity contribution in [2.75, 3.05) is 6.54 Å². The Morgan fingerprint density at radius 1 is 1.33 bits per heavy atom. The summed E-state index contributed by atoms with van der Waals surface area (Å²) in [5.74, 6) is -0.00609. The fourth-order valence-corrected chi connectivity index (χ4v) is 0.973. The van der Waals surface area contributed by atoms with E-state index in [4.69, 9.17) is 16.6 Å². The Morgan fingerprint density at radius 3 is 2.50 bits per heavy atom. The highest BCUT2D eigenvalue weighted by atomic mass is 16.3. The minimum absolute atomic E-state index is 0.0143. The van der Waals surface area contributed by atoms with E-state index in [1.54, 1.807) is 6.07 Å². The molecule has 0 aliphatic heterocycles. The van der Waals surface area contributed by atoms with Crippen LogP contribution in [-0.2, 0) is 0 Å². The molecule has 0 radical (unpaired) electrons. The first-order chi connectivity index (χ1) is 5.65. The summed E-state index contributed by atoms with van der Waals surface area (Å²) in [7, 11) is 0. The van der Waals surface area contributed by atoms with E-state index in [0.717, 1.165) is 0 Å². The van der Waals surface area contributed by atoms with Crippen LogP contribution in [0, 0.1) is 0 Å². The maximum atomic E-state index is 9.30. The topological polar surface area (TPSA) is 92.5 Å². The maximum absolute atomic E-state index is 9.30. The molecular formula is C8H12N2O2. The van der Waals surface area contributed by atoms with Crippen LogP contribution in [0.3, 0.4) is 0 Å². The van der Waals surface area contributed by atoms with Gasteiger partial charge in [0.1, 0.15) is 11.5 Å². The number of nitrogens with two attached hydrogens (primary N) is 2. The third kappa shape index (κ3) is 1.66. The van der Waals surface area contributed by atoms with Crippen LogP contribution in [0.2, 0.25) is 0 Å². The number of hydrogen-bond donors (Lipinski definition) is 4. The zero-order valence-electron chi connectivity index (χ0n) is 6.57. The third-order valence-corrected chi connectivity index (χ3v) is 1.67. The summed E-state index contributed by atoms with van der Waals surface area (Å²) in [5.41, 5.74) is 11.4. The molecule has 0 aliphatic carbocycles. The molecule has 0 saturated heterocycles. The molecule has 1 atom stereocenters. The van der Waals surface area contributed by atoms with Gasteiger partial charge in [-0.2, -0.15) is 0 Å². The van der Waals surface area contributed by atoms with Gasteiger partial charge in [-0.1, -0.05) is 6.07 Å². The fraction of sp³-hybridized carbons (Fsp3) is 0.250. The Hall–Kier alpha value is -1.26. The summed E-state index contributed by atoms with van der Waals surface area (Å²) in [5, 5.41) is 18.3. The van der Waals surface area contributed by atoms with Crippen LogP contribution in [-0.4, -0.2) is 16.8 Å². The molecule has 0 saturated carbocycles. The standard InChI is InChI=1S/C8H12N2O2/c9-4-7(10)6-2-1-5(11)3-8(6)12/h1-3,7,11-12H,4,9-10H2/t7-/m0/s1. The van der Waals surface area contributed by atoms with Crippen molar-refractivity contribution in [3.63, 3.8) is 0 Å². The molecule has 0 fully saturated rings. The van der Waals surface area contributed by atoms with Crippen molar-refractivity contribution in [1.82, 2.24) is 0 Å².